The number of nitrogens with two attached hydrogens (primary N) is 1. The van der Waals surface area contributed by atoms with Crippen LogP contribution in [-0.4, -0.2) is 36.9 Å². The number of halogens is 1. The Morgan fingerprint density at radius 3 is 2.50 bits per heavy atom. The summed E-state index contributed by atoms with van der Waals surface area (Å²) < 4.78 is 0. The van der Waals surface area contributed by atoms with Gasteiger partial charge in [-0.15, -0.1) is 24.0 Å². The third kappa shape index (κ3) is 4.20. The van der Waals surface area contributed by atoms with Crippen molar-refractivity contribution < 1.29 is 4.79 Å². The summed E-state index contributed by atoms with van der Waals surface area (Å²) >= 11 is 0. The summed E-state index contributed by atoms with van der Waals surface area (Å²) in [5, 5.41) is 3.44. The number of primary amides is 1. The molecule has 2 fully saturated rings. The molecule has 0 unspecified atom stereocenters. The van der Waals surface area contributed by atoms with E-state index in [1.807, 2.05) is 19.2 Å². The monoisotopic (exact) mass is 442 g/mol. The molecule has 132 valence electrons. The van der Waals surface area contributed by atoms with Crippen molar-refractivity contribution in [3.05, 3.63) is 35.4 Å². The van der Waals surface area contributed by atoms with Gasteiger partial charge in [-0.25, -0.2) is 0 Å². The second-order valence-electron chi connectivity index (χ2n) is 6.84. The minimum Gasteiger partial charge on any atom is -0.366 e. The summed E-state index contributed by atoms with van der Waals surface area (Å²) in [6.07, 6.45) is 6.79. The van der Waals surface area contributed by atoms with E-state index in [4.69, 9.17) is 5.73 Å². The number of nitrogens with one attached hydrogen (secondary N) is 1. The molecular weight excluding hydrogens is 415 g/mol. The SMILES string of the molecule is CN=C(NCc1ccc(C(N)=O)cc1)N1CCC2(CCCC2)C1.I. The van der Waals surface area contributed by atoms with Crippen molar-refractivity contribution in [2.75, 3.05) is 20.1 Å². The highest BCUT2D eigenvalue weighted by molar-refractivity contribution is 14.0. The Bertz CT molecular complexity index is 594. The van der Waals surface area contributed by atoms with Crippen LogP contribution in [0.1, 0.15) is 48.0 Å². The number of hydrogen-bond acceptors (Lipinski definition) is 2. The molecular formula is C18H27IN4O. The van der Waals surface area contributed by atoms with Gasteiger partial charge in [0.05, 0.1) is 0 Å². The zero-order valence-electron chi connectivity index (χ0n) is 14.3. The lowest BCUT2D eigenvalue weighted by atomic mass is 9.86. The number of benzene rings is 1. The first kappa shape index (κ1) is 19.0. The predicted octanol–water partition coefficient (Wildman–Crippen LogP) is 2.75. The highest BCUT2D eigenvalue weighted by atomic mass is 127. The lowest BCUT2D eigenvalue weighted by Gasteiger charge is -2.26. The molecule has 0 radical (unpaired) electrons. The summed E-state index contributed by atoms with van der Waals surface area (Å²) in [4.78, 5) is 17.9. The summed E-state index contributed by atoms with van der Waals surface area (Å²) in [6, 6.07) is 7.41. The van der Waals surface area contributed by atoms with E-state index in [2.05, 4.69) is 15.2 Å². The molecule has 0 aromatic heterocycles. The van der Waals surface area contributed by atoms with Gasteiger partial charge in [-0.3, -0.25) is 9.79 Å². The van der Waals surface area contributed by atoms with Gasteiger partial charge in [0.1, 0.15) is 0 Å². The van der Waals surface area contributed by atoms with E-state index >= 15 is 0 Å². The first-order valence-corrected chi connectivity index (χ1v) is 8.46. The van der Waals surface area contributed by atoms with E-state index in [0.717, 1.165) is 24.6 Å². The van der Waals surface area contributed by atoms with E-state index in [1.54, 1.807) is 12.1 Å². The van der Waals surface area contributed by atoms with Crippen molar-refractivity contribution in [1.82, 2.24) is 10.2 Å². The maximum atomic E-state index is 11.1. The summed E-state index contributed by atoms with van der Waals surface area (Å²) in [6.45, 7) is 2.93. The van der Waals surface area contributed by atoms with Gasteiger partial charge in [-0.1, -0.05) is 25.0 Å². The smallest absolute Gasteiger partial charge is 0.248 e. The van der Waals surface area contributed by atoms with Crippen molar-refractivity contribution in [3.63, 3.8) is 0 Å². The minimum atomic E-state index is -0.390. The number of carbonyl (C=O) groups excluding carboxylic acids is 1. The van der Waals surface area contributed by atoms with Gasteiger partial charge in [-0.05, 0) is 42.4 Å². The van der Waals surface area contributed by atoms with E-state index in [-0.39, 0.29) is 29.9 Å². The zero-order chi connectivity index (χ0) is 16.3. The molecule has 1 saturated heterocycles. The molecule has 6 heteroatoms. The summed E-state index contributed by atoms with van der Waals surface area (Å²) in [5.41, 5.74) is 7.47. The van der Waals surface area contributed by atoms with E-state index in [9.17, 15) is 4.79 Å². The fourth-order valence-corrected chi connectivity index (χ4v) is 3.95. The van der Waals surface area contributed by atoms with Crippen LogP contribution < -0.4 is 11.1 Å². The largest absolute Gasteiger partial charge is 0.366 e. The number of hydrogen-bond donors (Lipinski definition) is 2. The van der Waals surface area contributed by atoms with Crippen LogP contribution in [0.2, 0.25) is 0 Å². The molecule has 1 aromatic carbocycles. The lowest BCUT2D eigenvalue weighted by molar-refractivity contribution is 0.100. The van der Waals surface area contributed by atoms with Crippen LogP contribution in [0.15, 0.2) is 29.3 Å². The van der Waals surface area contributed by atoms with Gasteiger partial charge in [0.25, 0.3) is 0 Å². The van der Waals surface area contributed by atoms with E-state index < -0.39 is 0 Å². The molecule has 1 saturated carbocycles. The Balaban J connectivity index is 0.00000208. The highest BCUT2D eigenvalue weighted by Crippen LogP contribution is 2.45. The zero-order valence-corrected chi connectivity index (χ0v) is 16.6. The molecule has 1 heterocycles. The van der Waals surface area contributed by atoms with Crippen molar-refractivity contribution in [2.24, 2.45) is 16.1 Å². The molecule has 1 spiro atoms. The fraction of sp³-hybridized carbons (Fsp3) is 0.556. The molecule has 5 nitrogen and oxygen atoms in total. The normalized spacial score (nSPS) is 19.4. The Morgan fingerprint density at radius 2 is 1.92 bits per heavy atom. The number of aliphatic imine (C=N–C) groups is 1. The number of nitrogens with zero attached hydrogens (tertiary/aromatic N) is 2. The molecule has 1 aliphatic carbocycles. The lowest BCUT2D eigenvalue weighted by Crippen LogP contribution is -2.40. The van der Waals surface area contributed by atoms with Gasteiger partial charge in [0.15, 0.2) is 5.96 Å². The van der Waals surface area contributed by atoms with Crippen LogP contribution in [-0.2, 0) is 6.54 Å². The van der Waals surface area contributed by atoms with Crippen LogP contribution in [0.5, 0.6) is 0 Å². The highest BCUT2D eigenvalue weighted by Gasteiger charge is 2.40. The average molecular weight is 442 g/mol. The average Bonchev–Trinajstić information content (AvgIpc) is 3.19. The molecule has 3 rings (SSSR count). The first-order chi connectivity index (χ1) is 11.1. The Hall–Kier alpha value is -1.31. The Labute approximate surface area is 161 Å². The van der Waals surface area contributed by atoms with Gasteiger partial charge in [0.2, 0.25) is 5.91 Å². The molecule has 1 aromatic rings. The molecule has 1 aliphatic heterocycles. The fourth-order valence-electron chi connectivity index (χ4n) is 3.95. The number of carbonyl (C=O) groups is 1. The second-order valence-corrected chi connectivity index (χ2v) is 6.84. The van der Waals surface area contributed by atoms with Crippen LogP contribution in [0.3, 0.4) is 0 Å². The third-order valence-electron chi connectivity index (χ3n) is 5.30. The molecule has 2 aliphatic rings. The predicted molar refractivity (Wildman–Crippen MR) is 108 cm³/mol. The molecule has 1 amide bonds. The molecule has 0 atom stereocenters. The van der Waals surface area contributed by atoms with Crippen LogP contribution in [0.25, 0.3) is 0 Å². The van der Waals surface area contributed by atoms with Gasteiger partial charge in [0, 0.05) is 32.2 Å². The van der Waals surface area contributed by atoms with Gasteiger partial charge < -0.3 is 16.0 Å². The summed E-state index contributed by atoms with van der Waals surface area (Å²) in [7, 11) is 1.85. The quantitative estimate of drug-likeness (QED) is 0.430. The standard InChI is InChI=1S/C18H26N4O.HI/c1-20-17(22-11-10-18(13-22)8-2-3-9-18)21-12-14-4-6-15(7-5-14)16(19)23;/h4-7H,2-3,8-13H2,1H3,(H2,19,23)(H,20,21);1H. The number of guanidine groups is 1. The van der Waals surface area contributed by atoms with Gasteiger partial charge >= 0.3 is 0 Å². The van der Waals surface area contributed by atoms with Crippen molar-refractivity contribution in [3.8, 4) is 0 Å². The minimum absolute atomic E-state index is 0. The van der Waals surface area contributed by atoms with Crippen LogP contribution in [0.4, 0.5) is 0 Å². The molecule has 24 heavy (non-hydrogen) atoms. The van der Waals surface area contributed by atoms with Crippen LogP contribution >= 0.6 is 24.0 Å². The Kier molecular flexibility index (Phi) is 6.48. The van der Waals surface area contributed by atoms with E-state index in [1.165, 1.54) is 32.1 Å². The topological polar surface area (TPSA) is 70.7 Å². The molecule has 3 N–H and O–H groups in total. The van der Waals surface area contributed by atoms with Gasteiger partial charge in [-0.2, -0.15) is 0 Å². The molecule has 0 bridgehead atoms. The number of amides is 1. The maximum Gasteiger partial charge on any atom is 0.248 e. The third-order valence-corrected chi connectivity index (χ3v) is 5.30. The number of likely N-dealkylation sites (tertiary alicyclic amines) is 1. The van der Waals surface area contributed by atoms with Crippen molar-refractivity contribution in [2.45, 2.75) is 38.6 Å². The first-order valence-electron chi connectivity index (χ1n) is 8.46. The maximum absolute atomic E-state index is 11.1. The summed E-state index contributed by atoms with van der Waals surface area (Å²) in [5.74, 6) is 0.590. The second kappa shape index (κ2) is 8.18. The Morgan fingerprint density at radius 1 is 1.25 bits per heavy atom. The van der Waals surface area contributed by atoms with Crippen molar-refractivity contribution in [1.29, 1.82) is 0 Å². The van der Waals surface area contributed by atoms with Crippen molar-refractivity contribution >= 4 is 35.8 Å². The number of rotatable bonds is 3. The van der Waals surface area contributed by atoms with E-state index in [0.29, 0.717) is 17.5 Å². The van der Waals surface area contributed by atoms with Crippen LogP contribution in [0, 0.1) is 5.41 Å².